The molecule has 0 fully saturated rings. The predicted molar refractivity (Wildman–Crippen MR) is 130 cm³/mol. The van der Waals surface area contributed by atoms with Crippen molar-refractivity contribution in [3.05, 3.63) is 107 Å². The number of hydrogen-bond acceptors (Lipinski definition) is 2. The maximum absolute atomic E-state index is 13.5. The molecule has 166 valence electrons. The minimum absolute atomic E-state index is 0.106. The van der Waals surface area contributed by atoms with Crippen molar-refractivity contribution in [1.29, 1.82) is 0 Å². The molecule has 0 spiro atoms. The average Bonchev–Trinajstić information content (AvgIpc) is 3.32. The highest BCUT2D eigenvalue weighted by Gasteiger charge is 2.43. The van der Waals surface area contributed by atoms with E-state index in [1.54, 1.807) is 4.90 Å². The molecule has 2 atom stereocenters. The van der Waals surface area contributed by atoms with Crippen LogP contribution in [0.15, 0.2) is 78.9 Å². The van der Waals surface area contributed by atoms with Crippen molar-refractivity contribution in [3.8, 4) is 0 Å². The van der Waals surface area contributed by atoms with Gasteiger partial charge in [0.2, 0.25) is 5.91 Å². The van der Waals surface area contributed by atoms with E-state index in [1.165, 1.54) is 5.56 Å². The van der Waals surface area contributed by atoms with Gasteiger partial charge in [-0.15, -0.1) is 0 Å². The van der Waals surface area contributed by atoms with E-state index >= 15 is 0 Å². The van der Waals surface area contributed by atoms with Crippen molar-refractivity contribution in [1.82, 2.24) is 15.2 Å². The van der Waals surface area contributed by atoms with Crippen molar-refractivity contribution in [2.45, 2.75) is 32.4 Å². The lowest BCUT2D eigenvalue weighted by molar-refractivity contribution is -0.125. The van der Waals surface area contributed by atoms with E-state index in [4.69, 9.17) is 0 Å². The zero-order chi connectivity index (χ0) is 22.9. The van der Waals surface area contributed by atoms with Crippen molar-refractivity contribution in [2.24, 2.45) is 0 Å². The highest BCUT2D eigenvalue weighted by Crippen LogP contribution is 2.43. The third kappa shape index (κ3) is 3.69. The first kappa shape index (κ1) is 21.0. The van der Waals surface area contributed by atoms with E-state index in [1.807, 2.05) is 86.6 Å². The van der Waals surface area contributed by atoms with Gasteiger partial charge >= 0.3 is 0 Å². The number of nitrogens with zero attached hydrogens (tertiary/aromatic N) is 1. The summed E-state index contributed by atoms with van der Waals surface area (Å²) in [6.45, 7) is 4.38. The molecular formula is C28H27N3O2. The number of aromatic nitrogens is 1. The van der Waals surface area contributed by atoms with Crippen LogP contribution in [0.4, 0.5) is 0 Å². The number of amides is 2. The minimum Gasteiger partial charge on any atom is -0.358 e. The van der Waals surface area contributed by atoms with Crippen LogP contribution in [0.5, 0.6) is 0 Å². The molecule has 0 radical (unpaired) electrons. The van der Waals surface area contributed by atoms with Crippen LogP contribution >= 0.6 is 0 Å². The van der Waals surface area contributed by atoms with Crippen molar-refractivity contribution in [3.63, 3.8) is 0 Å². The van der Waals surface area contributed by atoms with Gasteiger partial charge in [-0.05, 0) is 43.5 Å². The predicted octanol–water partition coefficient (Wildman–Crippen LogP) is 4.77. The van der Waals surface area contributed by atoms with Crippen LogP contribution in [0.2, 0.25) is 0 Å². The Labute approximate surface area is 193 Å². The van der Waals surface area contributed by atoms with Crippen molar-refractivity contribution < 1.29 is 9.59 Å². The molecule has 1 aliphatic rings. The Morgan fingerprint density at radius 3 is 2.52 bits per heavy atom. The van der Waals surface area contributed by atoms with Crippen LogP contribution < -0.4 is 5.32 Å². The number of rotatable bonds is 6. The van der Waals surface area contributed by atoms with Crippen molar-refractivity contribution >= 4 is 22.7 Å². The number of carbonyl (C=O) groups is 2. The summed E-state index contributed by atoms with van der Waals surface area (Å²) in [5, 5.41) is 4.11. The van der Waals surface area contributed by atoms with Crippen LogP contribution in [-0.4, -0.2) is 34.3 Å². The number of para-hydroxylation sites is 1. The maximum Gasteiger partial charge on any atom is 0.255 e. The fourth-order valence-corrected chi connectivity index (χ4v) is 4.93. The fraction of sp³-hybridized carbons (Fsp3) is 0.214. The molecule has 2 heterocycles. The Hall–Kier alpha value is -3.86. The standard InChI is InChI=1S/C28H27N3O2/c1-18-25(23-14-8-9-15-24(23)30-18)26-21-12-6-7-13-22(21)28(33)31(26)19(2)27(32)29-17-16-20-10-4-3-5-11-20/h3-15,19,26,30H,16-17H2,1-2H3,(H,29,32)/t19-,26-/m0/s1. The molecule has 1 aliphatic heterocycles. The molecule has 0 unspecified atom stereocenters. The van der Waals surface area contributed by atoms with Crippen LogP contribution in [-0.2, 0) is 11.2 Å². The van der Waals surface area contributed by atoms with E-state index in [9.17, 15) is 9.59 Å². The third-order valence-corrected chi connectivity index (χ3v) is 6.57. The molecule has 1 aromatic heterocycles. The minimum atomic E-state index is -0.612. The normalized spacial score (nSPS) is 16.1. The zero-order valence-corrected chi connectivity index (χ0v) is 18.8. The molecule has 5 nitrogen and oxygen atoms in total. The number of benzene rings is 3. The van der Waals surface area contributed by atoms with Crippen LogP contribution in [0.3, 0.4) is 0 Å². The second-order valence-corrected chi connectivity index (χ2v) is 8.61. The summed E-state index contributed by atoms with van der Waals surface area (Å²) in [7, 11) is 0. The van der Waals surface area contributed by atoms with Gasteiger partial charge < -0.3 is 15.2 Å². The van der Waals surface area contributed by atoms with Crippen LogP contribution in [0.1, 0.15) is 45.7 Å². The van der Waals surface area contributed by atoms with E-state index in [-0.39, 0.29) is 17.9 Å². The van der Waals surface area contributed by atoms with Gasteiger partial charge in [0, 0.05) is 34.3 Å². The summed E-state index contributed by atoms with van der Waals surface area (Å²) in [4.78, 5) is 31.9. The van der Waals surface area contributed by atoms with E-state index < -0.39 is 6.04 Å². The Bertz CT molecular complexity index is 1330. The first-order valence-corrected chi connectivity index (χ1v) is 11.4. The van der Waals surface area contributed by atoms with Crippen molar-refractivity contribution in [2.75, 3.05) is 6.54 Å². The number of carbonyl (C=O) groups excluding carboxylic acids is 2. The molecule has 33 heavy (non-hydrogen) atoms. The van der Waals surface area contributed by atoms with Gasteiger partial charge in [-0.1, -0.05) is 66.7 Å². The molecular weight excluding hydrogens is 410 g/mol. The van der Waals surface area contributed by atoms with Crippen LogP contribution in [0.25, 0.3) is 10.9 Å². The molecule has 4 aromatic rings. The quantitative estimate of drug-likeness (QED) is 0.456. The van der Waals surface area contributed by atoms with Crippen LogP contribution in [0, 0.1) is 6.92 Å². The first-order valence-electron chi connectivity index (χ1n) is 11.4. The summed E-state index contributed by atoms with van der Waals surface area (Å²) in [6.07, 6.45) is 0.748. The van der Waals surface area contributed by atoms with Gasteiger partial charge in [0.25, 0.3) is 5.91 Å². The maximum atomic E-state index is 13.5. The van der Waals surface area contributed by atoms with E-state index in [0.29, 0.717) is 12.1 Å². The molecule has 2 amide bonds. The molecule has 5 heteroatoms. The number of nitrogens with one attached hydrogen (secondary N) is 2. The summed E-state index contributed by atoms with van der Waals surface area (Å²) < 4.78 is 0. The Morgan fingerprint density at radius 2 is 1.70 bits per heavy atom. The molecule has 5 rings (SSSR count). The highest BCUT2D eigenvalue weighted by atomic mass is 16.2. The summed E-state index contributed by atoms with van der Waals surface area (Å²) >= 11 is 0. The van der Waals surface area contributed by atoms with Gasteiger partial charge in [-0.25, -0.2) is 0 Å². The lowest BCUT2D eigenvalue weighted by Gasteiger charge is -2.31. The van der Waals surface area contributed by atoms with E-state index in [0.717, 1.165) is 34.1 Å². The third-order valence-electron chi connectivity index (χ3n) is 6.57. The largest absolute Gasteiger partial charge is 0.358 e. The van der Waals surface area contributed by atoms with E-state index in [2.05, 4.69) is 16.4 Å². The molecule has 0 saturated carbocycles. The Kier molecular flexibility index (Phi) is 5.47. The SMILES string of the molecule is Cc1[nH]c2ccccc2c1[C@@H]1c2ccccc2C(=O)N1[C@@H](C)C(=O)NCCc1ccccc1. The first-order chi connectivity index (χ1) is 16.1. The topological polar surface area (TPSA) is 65.2 Å². The second-order valence-electron chi connectivity index (χ2n) is 8.61. The number of fused-ring (bicyclic) bond motifs is 2. The zero-order valence-electron chi connectivity index (χ0n) is 18.8. The lowest BCUT2D eigenvalue weighted by atomic mass is 9.95. The highest BCUT2D eigenvalue weighted by molar-refractivity contribution is 6.03. The molecule has 2 N–H and O–H groups in total. The monoisotopic (exact) mass is 437 g/mol. The fourth-order valence-electron chi connectivity index (χ4n) is 4.93. The summed E-state index contributed by atoms with van der Waals surface area (Å²) in [5.74, 6) is -0.249. The molecule has 0 aliphatic carbocycles. The van der Waals surface area contributed by atoms with Gasteiger partial charge in [-0.2, -0.15) is 0 Å². The number of aromatic amines is 1. The second kappa shape index (κ2) is 8.58. The molecule has 0 saturated heterocycles. The Morgan fingerprint density at radius 1 is 1.00 bits per heavy atom. The van der Waals surface area contributed by atoms with Gasteiger partial charge in [-0.3, -0.25) is 9.59 Å². The molecule has 0 bridgehead atoms. The van der Waals surface area contributed by atoms with Gasteiger partial charge in [0.1, 0.15) is 6.04 Å². The molecule has 3 aromatic carbocycles. The van der Waals surface area contributed by atoms with Gasteiger partial charge in [0.05, 0.1) is 6.04 Å². The smallest absolute Gasteiger partial charge is 0.255 e. The number of aryl methyl sites for hydroxylation is 1. The summed E-state index contributed by atoms with van der Waals surface area (Å²) in [6, 6.07) is 24.9. The lowest BCUT2D eigenvalue weighted by Crippen LogP contribution is -2.47. The average molecular weight is 438 g/mol. The summed E-state index contributed by atoms with van der Waals surface area (Å²) in [5.41, 5.74) is 5.86. The Balaban J connectivity index is 1.47. The number of H-pyrrole nitrogens is 1. The van der Waals surface area contributed by atoms with Gasteiger partial charge in [0.15, 0.2) is 0 Å². The number of hydrogen-bond donors (Lipinski definition) is 2.